The van der Waals surface area contributed by atoms with Gasteiger partial charge in [0.25, 0.3) is 0 Å². The molecule has 0 atom stereocenters. The van der Waals surface area contributed by atoms with E-state index in [1.165, 1.54) is 18.4 Å². The molecule has 106 valence electrons. The van der Waals surface area contributed by atoms with Crippen LogP contribution in [0.4, 0.5) is 0 Å². The van der Waals surface area contributed by atoms with Crippen LogP contribution in [0, 0.1) is 0 Å². The molecular weight excluding hydrogens is 463 g/mol. The van der Waals surface area contributed by atoms with Crippen molar-refractivity contribution in [2.75, 3.05) is 7.11 Å². The molecule has 0 unspecified atom stereocenters. The molecule has 0 spiro atoms. The number of thiophene rings is 2. The fourth-order valence-corrected chi connectivity index (χ4v) is 3.34. The zero-order chi connectivity index (χ0) is 13.7. The number of hydrogen-bond acceptors (Lipinski definition) is 7. The van der Waals surface area contributed by atoms with Gasteiger partial charge in [0.05, 0.1) is 16.1 Å². The van der Waals surface area contributed by atoms with E-state index in [2.05, 4.69) is 36.6 Å². The van der Waals surface area contributed by atoms with Gasteiger partial charge in [-0.1, -0.05) is 0 Å². The predicted octanol–water partition coefficient (Wildman–Crippen LogP) is 1.05. The fraction of sp³-hybridized carbons (Fsp3) is 0.100. The minimum Gasteiger partial charge on any atom is -0.870 e. The fourth-order valence-electron chi connectivity index (χ4n) is 0.843. The molecule has 0 saturated carbocycles. The molecule has 5 nitrogen and oxygen atoms in total. The van der Waals surface area contributed by atoms with E-state index in [4.69, 9.17) is 5.11 Å². The smallest absolute Gasteiger partial charge is 0.870 e. The maximum atomic E-state index is 10.9. The summed E-state index contributed by atoms with van der Waals surface area (Å²) in [5.41, 5.74) is 0. The topological polar surface area (TPSA) is 96.8 Å². The Hall–Kier alpha value is 1.03. The molecule has 0 aliphatic carbocycles. The van der Waals surface area contributed by atoms with Gasteiger partial charge in [0.15, 0.2) is 10.6 Å². The Labute approximate surface area is 183 Å². The molecule has 0 aliphatic heterocycles. The second-order valence-electron chi connectivity index (χ2n) is 2.86. The molecule has 2 heterocycles. The van der Waals surface area contributed by atoms with Crippen molar-refractivity contribution in [3.63, 3.8) is 0 Å². The minimum atomic E-state index is -0.516. The van der Waals surface area contributed by atoms with Gasteiger partial charge in [-0.3, -0.25) is 0 Å². The van der Waals surface area contributed by atoms with Crippen LogP contribution in [0.5, 0.6) is 11.5 Å². The van der Waals surface area contributed by atoms with E-state index in [0.717, 1.165) is 15.8 Å². The first-order valence-electron chi connectivity index (χ1n) is 4.42. The minimum absolute atomic E-state index is 0. The first-order chi connectivity index (χ1) is 8.47. The molecule has 0 bridgehead atoms. The molecule has 0 fully saturated rings. The van der Waals surface area contributed by atoms with Gasteiger partial charge < -0.3 is 20.4 Å². The maximum Gasteiger partial charge on any atom is 1.00 e. The zero-order valence-corrected chi connectivity index (χ0v) is 18.4. The van der Waals surface area contributed by atoms with Crippen LogP contribution in [0.1, 0.15) is 9.67 Å². The molecule has 20 heavy (non-hydrogen) atoms. The van der Waals surface area contributed by atoms with Gasteiger partial charge in [-0.25, -0.2) is 4.79 Å². The third-order valence-corrected chi connectivity index (χ3v) is 5.21. The second-order valence-corrected chi connectivity index (χ2v) is 6.19. The normalized spacial score (nSPS) is 8.55. The van der Waals surface area contributed by atoms with Crippen LogP contribution in [-0.4, -0.2) is 28.8 Å². The molecular formula is C10H9Br2KO5S2. The van der Waals surface area contributed by atoms with Gasteiger partial charge in [-0.05, 0) is 31.9 Å². The number of carbonyl (C=O) groups excluding carboxylic acids is 1. The van der Waals surface area contributed by atoms with Crippen LogP contribution in [0.25, 0.3) is 0 Å². The summed E-state index contributed by atoms with van der Waals surface area (Å²) in [6.45, 7) is 0. The van der Waals surface area contributed by atoms with Crippen molar-refractivity contribution in [2.45, 2.75) is 0 Å². The molecule has 3 N–H and O–H groups in total. The first kappa shape index (κ1) is 23.3. The van der Waals surface area contributed by atoms with Gasteiger partial charge in [0, 0.05) is 16.1 Å². The van der Waals surface area contributed by atoms with E-state index in [1.807, 2.05) is 5.38 Å². The number of aromatic hydroxyl groups is 2. The average Bonchev–Trinajstić information content (AvgIpc) is 2.88. The summed E-state index contributed by atoms with van der Waals surface area (Å²) in [6, 6.07) is 0. The number of esters is 1. The Kier molecular flexibility index (Phi) is 13.5. The molecule has 0 saturated heterocycles. The SMILES string of the molecule is COC(=O)c1scc(Br)c1O.Oc1cscc1Br.[K+].[OH-]. The Morgan fingerprint density at radius 1 is 1.20 bits per heavy atom. The summed E-state index contributed by atoms with van der Waals surface area (Å²) >= 11 is 8.80. The van der Waals surface area contributed by atoms with Gasteiger partial charge in [0.2, 0.25) is 0 Å². The Balaban J connectivity index is 0. The van der Waals surface area contributed by atoms with E-state index >= 15 is 0 Å². The largest absolute Gasteiger partial charge is 1.00 e. The third-order valence-electron chi connectivity index (χ3n) is 1.69. The molecule has 2 aromatic heterocycles. The zero-order valence-electron chi connectivity index (χ0n) is 10.5. The number of ether oxygens (including phenoxy) is 1. The molecule has 0 aliphatic rings. The summed E-state index contributed by atoms with van der Waals surface area (Å²) in [5.74, 6) is -0.245. The predicted molar refractivity (Wildman–Crippen MR) is 80.6 cm³/mol. The Morgan fingerprint density at radius 3 is 2.05 bits per heavy atom. The van der Waals surface area contributed by atoms with E-state index < -0.39 is 5.97 Å². The quantitative estimate of drug-likeness (QED) is 0.478. The van der Waals surface area contributed by atoms with E-state index in [-0.39, 0.29) is 67.5 Å². The molecule has 0 radical (unpaired) electrons. The van der Waals surface area contributed by atoms with Crippen molar-refractivity contribution < 1.29 is 76.6 Å². The van der Waals surface area contributed by atoms with E-state index in [1.54, 1.807) is 10.8 Å². The molecule has 0 amide bonds. The van der Waals surface area contributed by atoms with Crippen LogP contribution in [0.3, 0.4) is 0 Å². The van der Waals surface area contributed by atoms with Gasteiger partial charge >= 0.3 is 57.4 Å². The number of halogens is 2. The molecule has 2 rings (SSSR count). The van der Waals surface area contributed by atoms with Gasteiger partial charge in [-0.15, -0.1) is 22.7 Å². The number of hydrogen-bond donors (Lipinski definition) is 2. The second kappa shape index (κ2) is 11.6. The van der Waals surface area contributed by atoms with Crippen molar-refractivity contribution in [2.24, 2.45) is 0 Å². The Morgan fingerprint density at radius 2 is 1.80 bits per heavy atom. The Bertz CT molecular complexity index is 527. The summed E-state index contributed by atoms with van der Waals surface area (Å²) in [6.07, 6.45) is 0. The van der Waals surface area contributed by atoms with Crippen LogP contribution < -0.4 is 51.4 Å². The van der Waals surface area contributed by atoms with E-state index in [0.29, 0.717) is 10.2 Å². The van der Waals surface area contributed by atoms with Crippen molar-refractivity contribution >= 4 is 60.5 Å². The van der Waals surface area contributed by atoms with Crippen molar-refractivity contribution in [3.8, 4) is 11.5 Å². The standard InChI is InChI=1S/C6H5BrO3S.C4H3BrOS.K.H2O/c1-10-6(9)5-4(8)3(7)2-11-5;5-3-1-7-2-4(3)6;;/h2,8H,1H3;1-2,6H;;1H2/q;;+1;/p-1. The average molecular weight is 472 g/mol. The van der Waals surface area contributed by atoms with Crippen molar-refractivity contribution in [3.05, 3.63) is 30.0 Å². The summed E-state index contributed by atoms with van der Waals surface area (Å²) in [5, 5.41) is 23.1. The van der Waals surface area contributed by atoms with Crippen molar-refractivity contribution in [1.29, 1.82) is 0 Å². The maximum absolute atomic E-state index is 10.9. The monoisotopic (exact) mass is 470 g/mol. The van der Waals surface area contributed by atoms with Crippen LogP contribution in [0.2, 0.25) is 0 Å². The third kappa shape index (κ3) is 6.86. The van der Waals surface area contributed by atoms with Crippen LogP contribution >= 0.6 is 54.5 Å². The van der Waals surface area contributed by atoms with Gasteiger partial charge in [-0.2, -0.15) is 0 Å². The summed E-state index contributed by atoms with van der Waals surface area (Å²) in [7, 11) is 1.27. The molecule has 0 aromatic carbocycles. The van der Waals surface area contributed by atoms with E-state index in [9.17, 15) is 9.90 Å². The van der Waals surface area contributed by atoms with Gasteiger partial charge in [0.1, 0.15) is 5.75 Å². The molecule has 2 aromatic rings. The summed E-state index contributed by atoms with van der Waals surface area (Å²) < 4.78 is 5.71. The summed E-state index contributed by atoms with van der Waals surface area (Å²) in [4.78, 5) is 11.1. The van der Waals surface area contributed by atoms with Crippen LogP contribution in [-0.2, 0) is 4.74 Å². The van der Waals surface area contributed by atoms with Crippen LogP contribution in [0.15, 0.2) is 25.1 Å². The van der Waals surface area contributed by atoms with Crippen molar-refractivity contribution in [1.82, 2.24) is 0 Å². The number of methoxy groups -OCH3 is 1. The molecule has 10 heteroatoms. The number of carbonyl (C=O) groups is 1. The number of rotatable bonds is 1. The first-order valence-corrected chi connectivity index (χ1v) is 7.83.